The molecular weight excluding hydrogens is 367 g/mol. The van der Waals surface area contributed by atoms with Gasteiger partial charge in [-0.15, -0.1) is 0 Å². The van der Waals surface area contributed by atoms with Crippen LogP contribution in [0.4, 0.5) is 0 Å². The van der Waals surface area contributed by atoms with Gasteiger partial charge in [-0.05, 0) is 44.2 Å². The zero-order chi connectivity index (χ0) is 17.7. The molecule has 0 unspecified atom stereocenters. The molecule has 24 heavy (non-hydrogen) atoms. The van der Waals surface area contributed by atoms with E-state index in [1.54, 1.807) is 18.2 Å². The molecule has 0 spiro atoms. The van der Waals surface area contributed by atoms with Gasteiger partial charge in [0.15, 0.2) is 5.16 Å². The Hall–Kier alpha value is -1.30. The van der Waals surface area contributed by atoms with Gasteiger partial charge in [-0.1, -0.05) is 41.0 Å². The maximum Gasteiger partial charge on any atom is 0.306 e. The summed E-state index contributed by atoms with van der Waals surface area (Å²) in [6, 6.07) is 5.18. The third kappa shape index (κ3) is 4.85. The fraction of sp³-hybridized carbons (Fsp3) is 0.353. The Balaban J connectivity index is 1.94. The van der Waals surface area contributed by atoms with Gasteiger partial charge in [0, 0.05) is 33.4 Å². The van der Waals surface area contributed by atoms with E-state index >= 15 is 0 Å². The lowest BCUT2D eigenvalue weighted by Crippen LogP contribution is -2.09. The number of aryl methyl sites for hydroxylation is 2. The van der Waals surface area contributed by atoms with Gasteiger partial charge in [0.25, 0.3) is 0 Å². The van der Waals surface area contributed by atoms with E-state index in [2.05, 4.69) is 9.97 Å². The fourth-order valence-corrected chi connectivity index (χ4v) is 3.25. The number of ether oxygens (including phenoxy) is 1. The lowest BCUT2D eigenvalue weighted by Gasteiger charge is -2.11. The van der Waals surface area contributed by atoms with Gasteiger partial charge in [-0.25, -0.2) is 9.97 Å². The maximum absolute atomic E-state index is 12.0. The highest BCUT2D eigenvalue weighted by atomic mass is 35.5. The molecule has 0 amide bonds. The quantitative estimate of drug-likeness (QED) is 0.406. The van der Waals surface area contributed by atoms with Crippen molar-refractivity contribution >= 4 is 40.9 Å². The van der Waals surface area contributed by atoms with Crippen LogP contribution in [-0.4, -0.2) is 22.2 Å². The molecule has 0 fully saturated rings. The predicted octanol–water partition coefficient (Wildman–Crippen LogP) is 4.80. The zero-order valence-electron chi connectivity index (χ0n) is 13.7. The molecule has 0 N–H and O–H groups in total. The molecule has 0 saturated heterocycles. The average molecular weight is 385 g/mol. The topological polar surface area (TPSA) is 52.1 Å². The number of nitrogens with zero attached hydrogens (tertiary/aromatic N) is 2. The summed E-state index contributed by atoms with van der Waals surface area (Å²) in [5.41, 5.74) is 3.40. The second-order valence-corrected chi connectivity index (χ2v) is 6.81. The molecule has 0 aliphatic carbocycles. The van der Waals surface area contributed by atoms with Gasteiger partial charge in [0.1, 0.15) is 6.61 Å². The van der Waals surface area contributed by atoms with Crippen molar-refractivity contribution in [2.24, 2.45) is 0 Å². The lowest BCUT2D eigenvalue weighted by molar-refractivity contribution is -0.144. The van der Waals surface area contributed by atoms with Crippen LogP contribution in [0, 0.1) is 13.8 Å². The van der Waals surface area contributed by atoms with Crippen molar-refractivity contribution in [3.63, 3.8) is 0 Å². The molecule has 2 aromatic rings. The van der Waals surface area contributed by atoms with Gasteiger partial charge in [0.05, 0.1) is 0 Å². The Kier molecular flexibility index (Phi) is 6.90. The first-order valence-electron chi connectivity index (χ1n) is 7.39. The largest absolute Gasteiger partial charge is 0.461 e. The summed E-state index contributed by atoms with van der Waals surface area (Å²) >= 11 is 13.6. The summed E-state index contributed by atoms with van der Waals surface area (Å²) in [5.74, 6) is -0.307. The molecule has 0 bridgehead atoms. The summed E-state index contributed by atoms with van der Waals surface area (Å²) in [6.45, 7) is 3.92. The van der Waals surface area contributed by atoms with Crippen LogP contribution in [0.5, 0.6) is 0 Å². The first-order valence-corrected chi connectivity index (χ1v) is 9.37. The van der Waals surface area contributed by atoms with Gasteiger partial charge < -0.3 is 4.74 Å². The van der Waals surface area contributed by atoms with E-state index in [0.717, 1.165) is 22.1 Å². The van der Waals surface area contributed by atoms with E-state index in [1.807, 2.05) is 20.1 Å². The number of carbonyl (C=O) groups excluding carboxylic acids is 1. The smallest absolute Gasteiger partial charge is 0.306 e. The maximum atomic E-state index is 12.0. The predicted molar refractivity (Wildman–Crippen MR) is 97.9 cm³/mol. The molecule has 4 nitrogen and oxygen atoms in total. The Morgan fingerprint density at radius 3 is 2.25 bits per heavy atom. The van der Waals surface area contributed by atoms with Gasteiger partial charge in [-0.2, -0.15) is 0 Å². The zero-order valence-corrected chi connectivity index (χ0v) is 16.1. The van der Waals surface area contributed by atoms with Gasteiger partial charge in [0.2, 0.25) is 0 Å². The molecule has 1 heterocycles. The molecule has 0 aliphatic heterocycles. The van der Waals surface area contributed by atoms with Gasteiger partial charge in [-0.3, -0.25) is 4.79 Å². The van der Waals surface area contributed by atoms with Gasteiger partial charge >= 0.3 is 5.97 Å². The van der Waals surface area contributed by atoms with Crippen LogP contribution in [0.2, 0.25) is 10.0 Å². The number of thioether (sulfide) groups is 1. The number of aromatic nitrogens is 2. The second kappa shape index (κ2) is 8.70. The lowest BCUT2D eigenvalue weighted by atomic mass is 10.1. The van der Waals surface area contributed by atoms with Crippen LogP contribution < -0.4 is 0 Å². The van der Waals surface area contributed by atoms with Crippen molar-refractivity contribution in [3.05, 3.63) is 50.8 Å². The Morgan fingerprint density at radius 1 is 1.12 bits per heavy atom. The average Bonchev–Trinajstić information content (AvgIpc) is 2.53. The standard InChI is InChI=1S/C17H18Cl2N2O2S/c1-10-12(11(2)21-17(20-10)24-3)7-8-16(22)23-9-13-14(18)5-4-6-15(13)19/h4-6H,7-9H2,1-3H3. The summed E-state index contributed by atoms with van der Waals surface area (Å²) in [6.07, 6.45) is 2.73. The molecule has 7 heteroatoms. The van der Waals surface area contributed by atoms with Crippen LogP contribution >= 0.6 is 35.0 Å². The Morgan fingerprint density at radius 2 is 1.71 bits per heavy atom. The molecular formula is C17H18Cl2N2O2S. The van der Waals surface area contributed by atoms with Crippen molar-refractivity contribution in [1.29, 1.82) is 0 Å². The van der Waals surface area contributed by atoms with Crippen LogP contribution in [0.3, 0.4) is 0 Å². The third-order valence-corrected chi connectivity index (χ3v) is 4.86. The van der Waals surface area contributed by atoms with Crippen LogP contribution in [0.25, 0.3) is 0 Å². The van der Waals surface area contributed by atoms with Crippen molar-refractivity contribution in [3.8, 4) is 0 Å². The van der Waals surface area contributed by atoms with Crippen molar-refractivity contribution in [2.45, 2.75) is 38.5 Å². The molecule has 0 atom stereocenters. The van der Waals surface area contributed by atoms with Crippen LogP contribution in [-0.2, 0) is 22.6 Å². The second-order valence-electron chi connectivity index (χ2n) is 5.22. The van der Waals surface area contributed by atoms with E-state index < -0.39 is 0 Å². The monoisotopic (exact) mass is 384 g/mol. The number of carbonyl (C=O) groups is 1. The summed E-state index contributed by atoms with van der Waals surface area (Å²) in [7, 11) is 0. The number of hydrogen-bond acceptors (Lipinski definition) is 5. The van der Waals surface area contributed by atoms with E-state index in [9.17, 15) is 4.79 Å². The van der Waals surface area contributed by atoms with Crippen LogP contribution in [0.1, 0.15) is 28.9 Å². The fourth-order valence-electron chi connectivity index (χ4n) is 2.28. The molecule has 1 aromatic carbocycles. The first kappa shape index (κ1) is 19.0. The Labute approximate surface area is 155 Å². The highest BCUT2D eigenvalue weighted by Crippen LogP contribution is 2.25. The number of rotatable bonds is 6. The SMILES string of the molecule is CSc1nc(C)c(CCC(=O)OCc2c(Cl)cccc2Cl)c(C)n1. The number of benzene rings is 1. The summed E-state index contributed by atoms with van der Waals surface area (Å²) in [5, 5.41) is 1.72. The molecule has 0 radical (unpaired) electrons. The number of esters is 1. The minimum Gasteiger partial charge on any atom is -0.461 e. The van der Waals surface area contributed by atoms with E-state index in [0.29, 0.717) is 22.0 Å². The molecule has 2 rings (SSSR count). The number of halogens is 2. The van der Waals surface area contributed by atoms with Crippen molar-refractivity contribution < 1.29 is 9.53 Å². The van der Waals surface area contributed by atoms with E-state index in [1.165, 1.54) is 11.8 Å². The highest BCUT2D eigenvalue weighted by Gasteiger charge is 2.13. The summed E-state index contributed by atoms with van der Waals surface area (Å²) in [4.78, 5) is 20.8. The minimum atomic E-state index is -0.307. The van der Waals surface area contributed by atoms with E-state index in [-0.39, 0.29) is 19.0 Å². The molecule has 0 saturated carbocycles. The van der Waals surface area contributed by atoms with E-state index in [4.69, 9.17) is 27.9 Å². The van der Waals surface area contributed by atoms with Crippen molar-refractivity contribution in [1.82, 2.24) is 9.97 Å². The summed E-state index contributed by atoms with van der Waals surface area (Å²) < 4.78 is 5.28. The Bertz CT molecular complexity index is 710. The minimum absolute atomic E-state index is 0.0667. The normalized spacial score (nSPS) is 10.7. The molecule has 1 aromatic heterocycles. The van der Waals surface area contributed by atoms with Crippen LogP contribution in [0.15, 0.2) is 23.4 Å². The number of hydrogen-bond donors (Lipinski definition) is 0. The van der Waals surface area contributed by atoms with Crippen molar-refractivity contribution in [2.75, 3.05) is 6.26 Å². The first-order chi connectivity index (χ1) is 11.4. The molecule has 0 aliphatic rings. The highest BCUT2D eigenvalue weighted by molar-refractivity contribution is 7.98. The third-order valence-electron chi connectivity index (χ3n) is 3.60. The molecule has 128 valence electrons.